The van der Waals surface area contributed by atoms with Crippen molar-refractivity contribution in [3.63, 3.8) is 0 Å². The van der Waals surface area contributed by atoms with E-state index in [1.165, 1.54) is 19.4 Å². The van der Waals surface area contributed by atoms with Crippen molar-refractivity contribution >= 4 is 17.9 Å². The lowest BCUT2D eigenvalue weighted by atomic mass is 10.2. The zero-order chi connectivity index (χ0) is 10.6. The number of methoxy groups -OCH3 is 1. The Bertz CT molecular complexity index is 374. The minimum absolute atomic E-state index is 0.193. The van der Waals surface area contributed by atoms with E-state index < -0.39 is 5.97 Å². The molecule has 74 valence electrons. The van der Waals surface area contributed by atoms with E-state index in [9.17, 15) is 4.79 Å². The number of hydrogen-bond donors (Lipinski definition) is 1. The van der Waals surface area contributed by atoms with Crippen LogP contribution in [0.5, 0.6) is 0 Å². The number of ether oxygens (including phenoxy) is 1. The first-order valence-electron chi connectivity index (χ1n) is 3.95. The van der Waals surface area contributed by atoms with E-state index in [0.29, 0.717) is 11.3 Å². The Morgan fingerprint density at radius 2 is 2.43 bits per heavy atom. The van der Waals surface area contributed by atoms with E-state index >= 15 is 0 Å². The molecular formula is C9H11N3O2. The molecule has 5 nitrogen and oxygen atoms in total. The molecule has 1 rings (SSSR count). The average Bonchev–Trinajstić information content (AvgIpc) is 2.20. The molecule has 2 N–H and O–H groups in total. The van der Waals surface area contributed by atoms with Crippen LogP contribution in [0.4, 0.5) is 5.69 Å². The lowest BCUT2D eigenvalue weighted by molar-refractivity contribution is 0.0594. The highest BCUT2D eigenvalue weighted by atomic mass is 16.5. The SMILES string of the molecule is CN=Cc1cnc(C(=O)OC)cc1N. The molecule has 1 heterocycles. The number of pyridine rings is 1. The maximum atomic E-state index is 11.1. The Morgan fingerprint density at radius 3 is 2.93 bits per heavy atom. The molecule has 0 aliphatic heterocycles. The summed E-state index contributed by atoms with van der Waals surface area (Å²) < 4.78 is 4.50. The maximum absolute atomic E-state index is 11.1. The molecule has 0 saturated heterocycles. The second-order valence-electron chi connectivity index (χ2n) is 2.58. The van der Waals surface area contributed by atoms with Crippen LogP contribution in [0.2, 0.25) is 0 Å². The molecule has 0 atom stereocenters. The Labute approximate surface area is 81.6 Å². The molecule has 0 unspecified atom stereocenters. The smallest absolute Gasteiger partial charge is 0.356 e. The van der Waals surface area contributed by atoms with Gasteiger partial charge >= 0.3 is 5.97 Å². The normalized spacial score (nSPS) is 10.4. The summed E-state index contributed by atoms with van der Waals surface area (Å²) in [7, 11) is 2.93. The van der Waals surface area contributed by atoms with Gasteiger partial charge in [0.15, 0.2) is 0 Å². The monoisotopic (exact) mass is 193 g/mol. The third-order valence-corrected chi connectivity index (χ3v) is 1.63. The van der Waals surface area contributed by atoms with Crippen LogP contribution in [0.1, 0.15) is 16.1 Å². The molecule has 0 saturated carbocycles. The molecule has 1 aromatic heterocycles. The number of anilines is 1. The highest BCUT2D eigenvalue weighted by molar-refractivity contribution is 5.92. The molecule has 0 aliphatic rings. The van der Waals surface area contributed by atoms with Gasteiger partial charge in [0.2, 0.25) is 0 Å². The van der Waals surface area contributed by atoms with Crippen LogP contribution in [0, 0.1) is 0 Å². The highest BCUT2D eigenvalue weighted by Gasteiger charge is 2.08. The van der Waals surface area contributed by atoms with Gasteiger partial charge in [-0.3, -0.25) is 4.99 Å². The van der Waals surface area contributed by atoms with Gasteiger partial charge < -0.3 is 10.5 Å². The molecule has 0 bridgehead atoms. The van der Waals surface area contributed by atoms with Crippen molar-refractivity contribution in [1.29, 1.82) is 0 Å². The number of carbonyl (C=O) groups excluding carboxylic acids is 1. The Balaban J connectivity index is 3.06. The summed E-state index contributed by atoms with van der Waals surface area (Å²) in [6.45, 7) is 0. The van der Waals surface area contributed by atoms with E-state index in [0.717, 1.165) is 0 Å². The predicted octanol–water partition coefficient (Wildman–Crippen LogP) is 0.499. The maximum Gasteiger partial charge on any atom is 0.356 e. The van der Waals surface area contributed by atoms with E-state index in [-0.39, 0.29) is 5.69 Å². The number of carbonyl (C=O) groups is 1. The molecule has 0 radical (unpaired) electrons. The zero-order valence-corrected chi connectivity index (χ0v) is 8.02. The summed E-state index contributed by atoms with van der Waals surface area (Å²) >= 11 is 0. The van der Waals surface area contributed by atoms with E-state index in [2.05, 4.69) is 14.7 Å². The van der Waals surface area contributed by atoms with Crippen molar-refractivity contribution in [2.45, 2.75) is 0 Å². The minimum atomic E-state index is -0.503. The molecule has 0 aromatic carbocycles. The van der Waals surface area contributed by atoms with Gasteiger partial charge in [0.05, 0.1) is 7.11 Å². The van der Waals surface area contributed by atoms with Crippen LogP contribution in [0.3, 0.4) is 0 Å². The Hall–Kier alpha value is -1.91. The summed E-state index contributed by atoms with van der Waals surface area (Å²) in [5.74, 6) is -0.503. The molecule has 14 heavy (non-hydrogen) atoms. The average molecular weight is 193 g/mol. The molecule has 5 heteroatoms. The standard InChI is InChI=1S/C9H11N3O2/c1-11-4-6-5-12-8(3-7(6)10)9(13)14-2/h3-5H,1-2H3,(H2,10,12). The number of esters is 1. The first-order valence-corrected chi connectivity index (χ1v) is 3.95. The van der Waals surface area contributed by atoms with Crippen LogP contribution < -0.4 is 5.73 Å². The first-order chi connectivity index (χ1) is 6.69. The van der Waals surface area contributed by atoms with Gasteiger partial charge in [-0.25, -0.2) is 9.78 Å². The molecule has 1 aromatic rings. The van der Waals surface area contributed by atoms with Gasteiger partial charge in [-0.1, -0.05) is 0 Å². The number of hydrogen-bond acceptors (Lipinski definition) is 5. The van der Waals surface area contributed by atoms with E-state index in [1.807, 2.05) is 0 Å². The van der Waals surface area contributed by atoms with E-state index in [1.54, 1.807) is 13.3 Å². The van der Waals surface area contributed by atoms with Crippen LogP contribution in [0.15, 0.2) is 17.3 Å². The van der Waals surface area contributed by atoms with Crippen molar-refractivity contribution in [1.82, 2.24) is 4.98 Å². The van der Waals surface area contributed by atoms with Crippen molar-refractivity contribution in [2.75, 3.05) is 19.9 Å². The first kappa shape index (κ1) is 10.2. The second-order valence-corrected chi connectivity index (χ2v) is 2.58. The van der Waals surface area contributed by atoms with Crippen LogP contribution in [-0.2, 0) is 4.74 Å². The van der Waals surface area contributed by atoms with Crippen molar-refractivity contribution in [3.8, 4) is 0 Å². The van der Waals surface area contributed by atoms with Gasteiger partial charge in [-0.2, -0.15) is 0 Å². The Morgan fingerprint density at radius 1 is 1.71 bits per heavy atom. The number of nitrogen functional groups attached to an aromatic ring is 1. The lowest BCUT2D eigenvalue weighted by Gasteiger charge is -2.01. The lowest BCUT2D eigenvalue weighted by Crippen LogP contribution is -2.06. The van der Waals surface area contributed by atoms with Gasteiger partial charge in [-0.15, -0.1) is 0 Å². The van der Waals surface area contributed by atoms with Gasteiger partial charge in [0, 0.05) is 30.7 Å². The van der Waals surface area contributed by atoms with Crippen molar-refractivity contribution < 1.29 is 9.53 Å². The fourth-order valence-electron chi connectivity index (χ4n) is 0.945. The third-order valence-electron chi connectivity index (χ3n) is 1.63. The number of aromatic nitrogens is 1. The summed E-state index contributed by atoms with van der Waals surface area (Å²) in [6.07, 6.45) is 3.05. The summed E-state index contributed by atoms with van der Waals surface area (Å²) in [4.78, 5) is 18.7. The fourth-order valence-corrected chi connectivity index (χ4v) is 0.945. The van der Waals surface area contributed by atoms with Gasteiger partial charge in [0.1, 0.15) is 5.69 Å². The van der Waals surface area contributed by atoms with Gasteiger partial charge in [-0.05, 0) is 6.07 Å². The highest BCUT2D eigenvalue weighted by Crippen LogP contribution is 2.10. The number of nitrogens with zero attached hydrogens (tertiary/aromatic N) is 2. The molecule has 0 spiro atoms. The quantitative estimate of drug-likeness (QED) is 0.548. The van der Waals surface area contributed by atoms with Gasteiger partial charge in [0.25, 0.3) is 0 Å². The molecule has 0 fully saturated rings. The Kier molecular flexibility index (Phi) is 3.17. The topological polar surface area (TPSA) is 77.6 Å². The number of nitrogens with two attached hydrogens (primary N) is 1. The van der Waals surface area contributed by atoms with Crippen LogP contribution in [-0.4, -0.2) is 31.3 Å². The summed E-state index contributed by atoms with van der Waals surface area (Å²) in [5, 5.41) is 0. The van der Waals surface area contributed by atoms with Crippen LogP contribution in [0.25, 0.3) is 0 Å². The number of aliphatic imine (C=N–C) groups is 1. The predicted molar refractivity (Wildman–Crippen MR) is 53.5 cm³/mol. The second kappa shape index (κ2) is 4.36. The van der Waals surface area contributed by atoms with E-state index in [4.69, 9.17) is 5.73 Å². The molecule has 0 amide bonds. The molecule has 0 aliphatic carbocycles. The van der Waals surface area contributed by atoms with Crippen molar-refractivity contribution in [2.24, 2.45) is 4.99 Å². The summed E-state index contributed by atoms with van der Waals surface area (Å²) in [6, 6.07) is 1.46. The molecular weight excluding hydrogens is 182 g/mol. The fraction of sp³-hybridized carbons (Fsp3) is 0.222. The largest absolute Gasteiger partial charge is 0.464 e. The van der Waals surface area contributed by atoms with Crippen LogP contribution >= 0.6 is 0 Å². The minimum Gasteiger partial charge on any atom is -0.464 e. The summed E-state index contributed by atoms with van der Waals surface area (Å²) in [5.41, 5.74) is 6.98. The number of rotatable bonds is 2. The third kappa shape index (κ3) is 2.07. The van der Waals surface area contributed by atoms with Crippen molar-refractivity contribution in [3.05, 3.63) is 23.5 Å². The zero-order valence-electron chi connectivity index (χ0n) is 8.02.